The molecule has 0 atom stereocenters. The molecule has 2 rings (SSSR count). The van der Waals surface area contributed by atoms with Gasteiger partial charge in [0.05, 0.1) is 21.3 Å². The van der Waals surface area contributed by atoms with Gasteiger partial charge in [0.25, 0.3) is 5.91 Å². The lowest BCUT2D eigenvalue weighted by Gasteiger charge is -2.08. The average Bonchev–Trinajstić information content (AvgIpc) is 2.49. The summed E-state index contributed by atoms with van der Waals surface area (Å²) in [4.78, 5) is 27.4. The van der Waals surface area contributed by atoms with Crippen LogP contribution in [0.1, 0.15) is 10.4 Å². The summed E-state index contributed by atoms with van der Waals surface area (Å²) in [6, 6.07) is 6.37. The van der Waals surface area contributed by atoms with E-state index in [-0.39, 0.29) is 10.6 Å². The zero-order valence-electron chi connectivity index (χ0n) is 11.0. The number of anilines is 1. The minimum Gasteiger partial charge on any atom is -0.452 e. The predicted octanol–water partition coefficient (Wildman–Crippen LogP) is 3.95. The number of benzene rings is 1. The highest BCUT2D eigenvalue weighted by Gasteiger charge is 2.13. The Kier molecular flexibility index (Phi) is 5.76. The highest BCUT2D eigenvalue weighted by molar-refractivity contribution is 9.10. The quantitative estimate of drug-likeness (QED) is 0.785. The smallest absolute Gasteiger partial charge is 0.340 e. The van der Waals surface area contributed by atoms with Crippen LogP contribution in [-0.4, -0.2) is 23.5 Å². The first-order chi connectivity index (χ1) is 10.5. The number of esters is 1. The molecule has 8 heteroatoms. The Morgan fingerprint density at radius 3 is 2.77 bits per heavy atom. The van der Waals surface area contributed by atoms with Gasteiger partial charge in [0, 0.05) is 16.9 Å². The minimum atomic E-state index is -0.652. The SMILES string of the molecule is O=C(COC(=O)c1cncc(Br)c1)Nc1cccc(Cl)c1Cl. The summed E-state index contributed by atoms with van der Waals surface area (Å²) in [6.07, 6.45) is 2.88. The van der Waals surface area contributed by atoms with Crippen molar-refractivity contribution in [3.05, 3.63) is 56.7 Å². The van der Waals surface area contributed by atoms with Crippen molar-refractivity contribution < 1.29 is 14.3 Å². The number of hydrogen-bond acceptors (Lipinski definition) is 4. The molecule has 0 saturated heterocycles. The Morgan fingerprint density at radius 2 is 2.05 bits per heavy atom. The van der Waals surface area contributed by atoms with Gasteiger partial charge in [0.2, 0.25) is 0 Å². The first-order valence-electron chi connectivity index (χ1n) is 5.99. The van der Waals surface area contributed by atoms with E-state index in [1.165, 1.54) is 12.4 Å². The molecule has 22 heavy (non-hydrogen) atoms. The van der Waals surface area contributed by atoms with Gasteiger partial charge in [-0.25, -0.2) is 4.79 Å². The van der Waals surface area contributed by atoms with Crippen LogP contribution in [0.25, 0.3) is 0 Å². The summed E-state index contributed by atoms with van der Waals surface area (Å²) in [7, 11) is 0. The molecule has 0 saturated carbocycles. The molecule has 5 nitrogen and oxygen atoms in total. The van der Waals surface area contributed by atoms with Crippen molar-refractivity contribution in [1.82, 2.24) is 4.98 Å². The molecule has 1 aromatic carbocycles. The molecule has 1 N–H and O–H groups in total. The molecule has 1 aromatic heterocycles. The van der Waals surface area contributed by atoms with Crippen molar-refractivity contribution in [2.75, 3.05) is 11.9 Å². The lowest BCUT2D eigenvalue weighted by molar-refractivity contribution is -0.119. The normalized spacial score (nSPS) is 10.1. The second-order valence-electron chi connectivity index (χ2n) is 4.12. The standard InChI is InChI=1S/C14H9BrCl2N2O3/c15-9-4-8(5-18-6-9)14(21)22-7-12(20)19-11-3-1-2-10(16)13(11)17/h1-6H,7H2,(H,19,20). The van der Waals surface area contributed by atoms with Crippen LogP contribution < -0.4 is 5.32 Å². The minimum absolute atomic E-state index is 0.222. The molecule has 0 spiro atoms. The highest BCUT2D eigenvalue weighted by atomic mass is 79.9. The summed E-state index contributed by atoms with van der Waals surface area (Å²) in [5, 5.41) is 3.05. The molecule has 1 amide bonds. The van der Waals surface area contributed by atoms with Crippen molar-refractivity contribution in [3.8, 4) is 0 Å². The third-order valence-corrected chi connectivity index (χ3v) is 3.75. The van der Waals surface area contributed by atoms with Crippen LogP contribution in [0.4, 0.5) is 5.69 Å². The summed E-state index contributed by atoms with van der Waals surface area (Å²) < 4.78 is 5.54. The number of pyridine rings is 1. The molecule has 0 fully saturated rings. The van der Waals surface area contributed by atoms with Crippen molar-refractivity contribution in [1.29, 1.82) is 0 Å². The number of hydrogen-bond donors (Lipinski definition) is 1. The van der Waals surface area contributed by atoms with Crippen molar-refractivity contribution in [2.24, 2.45) is 0 Å². The van der Waals surface area contributed by atoms with Crippen LogP contribution in [-0.2, 0) is 9.53 Å². The maximum absolute atomic E-state index is 11.8. The number of amides is 1. The number of ether oxygens (including phenoxy) is 1. The van der Waals surface area contributed by atoms with Gasteiger partial charge in [0.15, 0.2) is 6.61 Å². The molecule has 0 aliphatic heterocycles. The van der Waals surface area contributed by atoms with E-state index >= 15 is 0 Å². The van der Waals surface area contributed by atoms with E-state index < -0.39 is 18.5 Å². The summed E-state index contributed by atoms with van der Waals surface area (Å²) in [5.41, 5.74) is 0.585. The molecule has 0 radical (unpaired) electrons. The van der Waals surface area contributed by atoms with E-state index in [9.17, 15) is 9.59 Å². The maximum atomic E-state index is 11.8. The van der Waals surface area contributed by atoms with E-state index in [1.807, 2.05) is 0 Å². The fraction of sp³-hybridized carbons (Fsp3) is 0.0714. The maximum Gasteiger partial charge on any atom is 0.340 e. The lowest BCUT2D eigenvalue weighted by Crippen LogP contribution is -2.21. The second kappa shape index (κ2) is 7.58. The summed E-state index contributed by atoms with van der Waals surface area (Å²) in [6.45, 7) is -0.450. The molecular formula is C14H9BrCl2N2O3. The van der Waals surface area contributed by atoms with Crippen LogP contribution in [0.5, 0.6) is 0 Å². The first kappa shape index (κ1) is 16.7. The summed E-state index contributed by atoms with van der Waals surface area (Å²) in [5.74, 6) is -1.18. The molecule has 0 unspecified atom stereocenters. The zero-order valence-corrected chi connectivity index (χ0v) is 14.1. The number of rotatable bonds is 4. The number of aromatic nitrogens is 1. The molecule has 2 aromatic rings. The van der Waals surface area contributed by atoms with Crippen LogP contribution in [0.15, 0.2) is 41.1 Å². The number of nitrogens with one attached hydrogen (secondary N) is 1. The molecule has 0 bridgehead atoms. The Balaban J connectivity index is 1.93. The molecular weight excluding hydrogens is 395 g/mol. The van der Waals surface area contributed by atoms with E-state index in [4.69, 9.17) is 27.9 Å². The van der Waals surface area contributed by atoms with E-state index in [0.717, 1.165) is 0 Å². The van der Waals surface area contributed by atoms with E-state index in [0.29, 0.717) is 15.2 Å². The fourth-order valence-electron chi connectivity index (χ4n) is 1.52. The topological polar surface area (TPSA) is 68.3 Å². The van der Waals surface area contributed by atoms with Crippen LogP contribution in [0.3, 0.4) is 0 Å². The van der Waals surface area contributed by atoms with Crippen LogP contribution >= 0.6 is 39.1 Å². The van der Waals surface area contributed by atoms with Gasteiger partial charge in [0.1, 0.15) is 0 Å². The Labute approximate surface area is 144 Å². The fourth-order valence-corrected chi connectivity index (χ4v) is 2.24. The number of nitrogens with zero attached hydrogens (tertiary/aromatic N) is 1. The third kappa shape index (κ3) is 4.43. The van der Waals surface area contributed by atoms with Gasteiger partial charge in [-0.05, 0) is 34.1 Å². The molecule has 0 aliphatic rings. The van der Waals surface area contributed by atoms with E-state index in [2.05, 4.69) is 26.2 Å². The molecule has 0 aliphatic carbocycles. The number of carbonyl (C=O) groups is 2. The van der Waals surface area contributed by atoms with Crippen LogP contribution in [0.2, 0.25) is 10.0 Å². The number of carbonyl (C=O) groups excluding carboxylic acids is 2. The number of halogens is 3. The highest BCUT2D eigenvalue weighted by Crippen LogP contribution is 2.29. The average molecular weight is 404 g/mol. The van der Waals surface area contributed by atoms with Crippen molar-refractivity contribution in [3.63, 3.8) is 0 Å². The van der Waals surface area contributed by atoms with Gasteiger partial charge in [-0.1, -0.05) is 29.3 Å². The third-order valence-electron chi connectivity index (χ3n) is 2.50. The monoisotopic (exact) mass is 402 g/mol. The van der Waals surface area contributed by atoms with Crippen molar-refractivity contribution in [2.45, 2.75) is 0 Å². The second-order valence-corrected chi connectivity index (χ2v) is 5.82. The largest absolute Gasteiger partial charge is 0.452 e. The lowest BCUT2D eigenvalue weighted by atomic mass is 10.3. The Bertz CT molecular complexity index is 725. The summed E-state index contributed by atoms with van der Waals surface area (Å²) >= 11 is 15.0. The molecule has 1 heterocycles. The zero-order chi connectivity index (χ0) is 16.1. The van der Waals surface area contributed by atoms with Gasteiger partial charge < -0.3 is 10.1 Å². The van der Waals surface area contributed by atoms with E-state index in [1.54, 1.807) is 24.3 Å². The van der Waals surface area contributed by atoms with Crippen LogP contribution in [0, 0.1) is 0 Å². The van der Waals surface area contributed by atoms with Gasteiger partial charge in [-0.3, -0.25) is 9.78 Å². The van der Waals surface area contributed by atoms with Crippen molar-refractivity contribution >= 4 is 56.7 Å². The Hall–Kier alpha value is -1.63. The van der Waals surface area contributed by atoms with Gasteiger partial charge in [-0.15, -0.1) is 0 Å². The van der Waals surface area contributed by atoms with Gasteiger partial charge in [-0.2, -0.15) is 0 Å². The Morgan fingerprint density at radius 1 is 1.27 bits per heavy atom. The predicted molar refractivity (Wildman–Crippen MR) is 87.3 cm³/mol. The first-order valence-corrected chi connectivity index (χ1v) is 7.54. The van der Waals surface area contributed by atoms with Gasteiger partial charge >= 0.3 is 5.97 Å². The molecule has 114 valence electrons.